The third-order valence-corrected chi connectivity index (χ3v) is 1.67. The van der Waals surface area contributed by atoms with E-state index in [-0.39, 0.29) is 5.28 Å². The highest BCUT2D eigenvalue weighted by atomic mass is 35.5. The molecule has 4 nitrogen and oxygen atoms in total. The standard InChI is InChI=1S/C7H6ClN3O/c1-12-5-2-3-6-9-7(8)10-11(6)4-5/h2-4H,1H3. The van der Waals surface area contributed by atoms with Gasteiger partial charge in [-0.3, -0.25) is 0 Å². The molecule has 0 spiro atoms. The van der Waals surface area contributed by atoms with Gasteiger partial charge in [0.25, 0.3) is 0 Å². The van der Waals surface area contributed by atoms with Crippen LogP contribution in [0.5, 0.6) is 5.75 Å². The van der Waals surface area contributed by atoms with Crippen molar-refractivity contribution in [1.82, 2.24) is 14.6 Å². The van der Waals surface area contributed by atoms with Gasteiger partial charge in [-0.15, -0.1) is 5.10 Å². The average Bonchev–Trinajstić information content (AvgIpc) is 2.43. The van der Waals surface area contributed by atoms with Gasteiger partial charge in [-0.1, -0.05) is 0 Å². The molecular weight excluding hydrogens is 178 g/mol. The van der Waals surface area contributed by atoms with Gasteiger partial charge in [0.2, 0.25) is 5.28 Å². The average molecular weight is 184 g/mol. The van der Waals surface area contributed by atoms with Crippen molar-refractivity contribution in [3.8, 4) is 5.75 Å². The van der Waals surface area contributed by atoms with Gasteiger partial charge in [0, 0.05) is 0 Å². The van der Waals surface area contributed by atoms with Gasteiger partial charge in [0.15, 0.2) is 5.65 Å². The fourth-order valence-electron chi connectivity index (χ4n) is 0.958. The van der Waals surface area contributed by atoms with E-state index in [1.54, 1.807) is 30.0 Å². The molecule has 0 aromatic carbocycles. The zero-order valence-electron chi connectivity index (χ0n) is 6.36. The number of hydrogen-bond donors (Lipinski definition) is 0. The second-order valence-corrected chi connectivity index (χ2v) is 2.59. The number of pyridine rings is 1. The second kappa shape index (κ2) is 2.64. The maximum absolute atomic E-state index is 5.59. The molecule has 0 saturated heterocycles. The van der Waals surface area contributed by atoms with Crippen LogP contribution in [-0.4, -0.2) is 21.7 Å². The fourth-order valence-corrected chi connectivity index (χ4v) is 1.13. The molecule has 62 valence electrons. The van der Waals surface area contributed by atoms with Crippen molar-refractivity contribution in [2.45, 2.75) is 0 Å². The number of aromatic nitrogens is 3. The third-order valence-electron chi connectivity index (χ3n) is 1.51. The molecule has 2 aromatic rings. The molecule has 0 aliphatic carbocycles. The predicted molar refractivity (Wildman–Crippen MR) is 44.5 cm³/mol. The minimum absolute atomic E-state index is 0.239. The normalized spacial score (nSPS) is 10.5. The molecule has 0 atom stereocenters. The second-order valence-electron chi connectivity index (χ2n) is 2.25. The first kappa shape index (κ1) is 7.36. The minimum Gasteiger partial charge on any atom is -0.495 e. The number of methoxy groups -OCH3 is 1. The molecule has 0 aliphatic heterocycles. The van der Waals surface area contributed by atoms with Crippen LogP contribution >= 0.6 is 11.6 Å². The lowest BCUT2D eigenvalue weighted by Gasteiger charge is -1.97. The number of rotatable bonds is 1. The summed E-state index contributed by atoms with van der Waals surface area (Å²) in [5.74, 6) is 0.726. The molecular formula is C7H6ClN3O. The van der Waals surface area contributed by atoms with Gasteiger partial charge >= 0.3 is 0 Å². The van der Waals surface area contributed by atoms with E-state index in [0.29, 0.717) is 5.65 Å². The van der Waals surface area contributed by atoms with Crippen LogP contribution < -0.4 is 4.74 Å². The van der Waals surface area contributed by atoms with Crippen molar-refractivity contribution < 1.29 is 4.74 Å². The van der Waals surface area contributed by atoms with Gasteiger partial charge in [0.05, 0.1) is 13.3 Å². The van der Waals surface area contributed by atoms with E-state index in [2.05, 4.69) is 10.1 Å². The largest absolute Gasteiger partial charge is 0.495 e. The molecule has 2 rings (SSSR count). The Kier molecular flexibility index (Phi) is 1.62. The van der Waals surface area contributed by atoms with Gasteiger partial charge < -0.3 is 4.74 Å². The zero-order chi connectivity index (χ0) is 8.55. The maximum atomic E-state index is 5.59. The topological polar surface area (TPSA) is 39.4 Å². The van der Waals surface area contributed by atoms with Crippen LogP contribution in [0.3, 0.4) is 0 Å². The summed E-state index contributed by atoms with van der Waals surface area (Å²) < 4.78 is 6.57. The summed E-state index contributed by atoms with van der Waals surface area (Å²) in [5, 5.41) is 4.15. The monoisotopic (exact) mass is 183 g/mol. The quantitative estimate of drug-likeness (QED) is 0.671. The van der Waals surface area contributed by atoms with E-state index in [9.17, 15) is 0 Å². The molecule has 0 radical (unpaired) electrons. The summed E-state index contributed by atoms with van der Waals surface area (Å²) in [4.78, 5) is 3.95. The molecule has 0 bridgehead atoms. The molecule has 0 amide bonds. The van der Waals surface area contributed by atoms with Crippen molar-refractivity contribution in [2.75, 3.05) is 7.11 Å². The smallest absolute Gasteiger partial charge is 0.243 e. The molecule has 5 heteroatoms. The van der Waals surface area contributed by atoms with Gasteiger partial charge in [-0.2, -0.15) is 4.98 Å². The van der Waals surface area contributed by atoms with Crippen molar-refractivity contribution in [2.24, 2.45) is 0 Å². The Morgan fingerprint density at radius 3 is 3.08 bits per heavy atom. The summed E-state index contributed by atoms with van der Waals surface area (Å²) >= 11 is 5.59. The Bertz CT molecular complexity index is 412. The lowest BCUT2D eigenvalue weighted by atomic mass is 10.4. The molecule has 0 aliphatic rings. The first-order valence-corrected chi connectivity index (χ1v) is 3.73. The van der Waals surface area contributed by atoms with Crippen LogP contribution in [-0.2, 0) is 0 Å². The Hall–Kier alpha value is -1.29. The van der Waals surface area contributed by atoms with E-state index in [0.717, 1.165) is 5.75 Å². The molecule has 2 aromatic heterocycles. The van der Waals surface area contributed by atoms with Crippen LogP contribution in [0.1, 0.15) is 0 Å². The summed E-state index contributed by atoms with van der Waals surface area (Å²) in [6.07, 6.45) is 1.72. The number of fused-ring (bicyclic) bond motifs is 1. The Morgan fingerprint density at radius 1 is 1.50 bits per heavy atom. The molecule has 0 fully saturated rings. The van der Waals surface area contributed by atoms with Crippen molar-refractivity contribution >= 4 is 17.2 Å². The molecule has 0 saturated carbocycles. The van der Waals surface area contributed by atoms with Crippen LogP contribution in [0, 0.1) is 0 Å². The van der Waals surface area contributed by atoms with Crippen LogP contribution in [0.15, 0.2) is 18.3 Å². The Labute approximate surface area is 73.7 Å². The van der Waals surface area contributed by atoms with Crippen LogP contribution in [0.4, 0.5) is 0 Å². The Morgan fingerprint density at radius 2 is 2.33 bits per heavy atom. The number of hydrogen-bond acceptors (Lipinski definition) is 3. The Balaban J connectivity index is 2.66. The molecule has 12 heavy (non-hydrogen) atoms. The molecule has 0 unspecified atom stereocenters. The summed E-state index contributed by atoms with van der Waals surface area (Å²) in [5.41, 5.74) is 0.709. The van der Waals surface area contributed by atoms with E-state index in [1.165, 1.54) is 0 Å². The van der Waals surface area contributed by atoms with Gasteiger partial charge in [-0.25, -0.2) is 4.52 Å². The first-order valence-electron chi connectivity index (χ1n) is 3.35. The lowest BCUT2D eigenvalue weighted by Crippen LogP contribution is -1.89. The minimum atomic E-state index is 0.239. The number of nitrogens with zero attached hydrogens (tertiary/aromatic N) is 3. The lowest BCUT2D eigenvalue weighted by molar-refractivity contribution is 0.411. The number of ether oxygens (including phenoxy) is 1. The van der Waals surface area contributed by atoms with Crippen LogP contribution in [0.2, 0.25) is 5.28 Å². The van der Waals surface area contributed by atoms with Crippen LogP contribution in [0.25, 0.3) is 5.65 Å². The summed E-state index contributed by atoms with van der Waals surface area (Å²) in [6.45, 7) is 0. The highest BCUT2D eigenvalue weighted by Crippen LogP contribution is 2.12. The van der Waals surface area contributed by atoms with E-state index in [4.69, 9.17) is 16.3 Å². The molecule has 2 heterocycles. The van der Waals surface area contributed by atoms with Gasteiger partial charge in [-0.05, 0) is 23.7 Å². The SMILES string of the molecule is COc1ccc2nc(Cl)nn2c1. The predicted octanol–water partition coefficient (Wildman–Crippen LogP) is 1.39. The van der Waals surface area contributed by atoms with Gasteiger partial charge in [0.1, 0.15) is 5.75 Å². The first-order chi connectivity index (χ1) is 5.79. The zero-order valence-corrected chi connectivity index (χ0v) is 7.12. The van der Waals surface area contributed by atoms with E-state index in [1.807, 2.05) is 0 Å². The van der Waals surface area contributed by atoms with E-state index >= 15 is 0 Å². The highest BCUT2D eigenvalue weighted by Gasteiger charge is 2.00. The number of halogens is 1. The van der Waals surface area contributed by atoms with Crippen molar-refractivity contribution in [1.29, 1.82) is 0 Å². The van der Waals surface area contributed by atoms with E-state index < -0.39 is 0 Å². The highest BCUT2D eigenvalue weighted by molar-refractivity contribution is 6.28. The molecule has 0 N–H and O–H groups in total. The van der Waals surface area contributed by atoms with Crippen molar-refractivity contribution in [3.63, 3.8) is 0 Å². The summed E-state index contributed by atoms with van der Waals surface area (Å²) in [6, 6.07) is 3.60. The fraction of sp³-hybridized carbons (Fsp3) is 0.143. The van der Waals surface area contributed by atoms with Crippen molar-refractivity contribution in [3.05, 3.63) is 23.6 Å². The maximum Gasteiger partial charge on any atom is 0.243 e. The summed E-state index contributed by atoms with van der Waals surface area (Å²) in [7, 11) is 1.60. The third kappa shape index (κ3) is 1.10.